The largest absolute Gasteiger partial charge is 0.346 e. The van der Waals surface area contributed by atoms with Gasteiger partial charge in [-0.1, -0.05) is 5.16 Å². The van der Waals surface area contributed by atoms with Crippen LogP contribution in [0.3, 0.4) is 0 Å². The molecule has 5 heteroatoms. The van der Waals surface area contributed by atoms with Crippen LogP contribution in [0.15, 0.2) is 4.52 Å². The quantitative estimate of drug-likeness (QED) is 0.700. The topological polar surface area (TPSA) is 68.0 Å². The van der Waals surface area contributed by atoms with Gasteiger partial charge < -0.3 is 9.84 Å². The Bertz CT molecular complexity index is 280. The highest BCUT2D eigenvalue weighted by Crippen LogP contribution is 1.95. The highest BCUT2D eigenvalue weighted by molar-refractivity contribution is 5.89. The van der Waals surface area contributed by atoms with Gasteiger partial charge in [-0.15, -0.1) is 0 Å². The molecule has 12 heavy (non-hydrogen) atoms. The first-order valence-electron chi connectivity index (χ1n) is 3.71. The van der Waals surface area contributed by atoms with Crippen molar-refractivity contribution in [2.24, 2.45) is 0 Å². The first-order valence-corrected chi connectivity index (χ1v) is 3.71. The Labute approximate surface area is 70.2 Å². The minimum atomic E-state index is -0.328. The van der Waals surface area contributed by atoms with Gasteiger partial charge in [-0.3, -0.25) is 4.79 Å². The molecular weight excluding hydrogens is 158 g/mol. The molecule has 1 heterocycles. The number of rotatable bonds is 2. The summed E-state index contributed by atoms with van der Waals surface area (Å²) in [4.78, 5) is 14.9. The van der Waals surface area contributed by atoms with Crippen molar-refractivity contribution in [3.63, 3.8) is 0 Å². The first-order chi connectivity index (χ1) is 5.59. The van der Waals surface area contributed by atoms with E-state index < -0.39 is 0 Å². The average molecular weight is 169 g/mol. The fraction of sp³-hybridized carbons (Fsp3) is 0.571. The van der Waals surface area contributed by atoms with Gasteiger partial charge in [-0.05, 0) is 20.8 Å². The molecule has 0 aromatic carbocycles. The van der Waals surface area contributed by atoms with Crippen LogP contribution in [0.1, 0.15) is 30.4 Å². The maximum absolute atomic E-state index is 11.2. The van der Waals surface area contributed by atoms with Gasteiger partial charge in [-0.2, -0.15) is 4.98 Å². The van der Waals surface area contributed by atoms with Crippen LogP contribution in [0.2, 0.25) is 0 Å². The molecule has 0 aliphatic rings. The second-order valence-corrected chi connectivity index (χ2v) is 2.77. The Morgan fingerprint density at radius 1 is 1.58 bits per heavy atom. The van der Waals surface area contributed by atoms with Crippen molar-refractivity contribution >= 4 is 5.91 Å². The number of carbonyl (C=O) groups excluding carboxylic acids is 1. The van der Waals surface area contributed by atoms with E-state index in [1.54, 1.807) is 6.92 Å². The number of carbonyl (C=O) groups is 1. The summed E-state index contributed by atoms with van der Waals surface area (Å²) in [6, 6.07) is 0.0738. The van der Waals surface area contributed by atoms with Crippen molar-refractivity contribution in [3.8, 4) is 0 Å². The van der Waals surface area contributed by atoms with E-state index >= 15 is 0 Å². The van der Waals surface area contributed by atoms with Gasteiger partial charge in [0.15, 0.2) is 5.82 Å². The lowest BCUT2D eigenvalue weighted by Crippen LogP contribution is -2.30. The molecular formula is C7H11N3O2. The summed E-state index contributed by atoms with van der Waals surface area (Å²) in [7, 11) is 0. The van der Waals surface area contributed by atoms with Gasteiger partial charge in [0.25, 0.3) is 0 Å². The van der Waals surface area contributed by atoms with Crippen molar-refractivity contribution in [1.29, 1.82) is 0 Å². The smallest absolute Gasteiger partial charge is 0.315 e. The lowest BCUT2D eigenvalue weighted by atomic mass is 10.4. The molecule has 5 nitrogen and oxygen atoms in total. The summed E-state index contributed by atoms with van der Waals surface area (Å²) < 4.78 is 4.65. The zero-order chi connectivity index (χ0) is 9.14. The molecule has 0 saturated heterocycles. The van der Waals surface area contributed by atoms with Crippen molar-refractivity contribution in [2.75, 3.05) is 0 Å². The van der Waals surface area contributed by atoms with Gasteiger partial charge in [0, 0.05) is 6.04 Å². The molecule has 0 spiro atoms. The van der Waals surface area contributed by atoms with Crippen LogP contribution in [0.4, 0.5) is 0 Å². The molecule has 66 valence electrons. The number of amides is 1. The fourth-order valence-electron chi connectivity index (χ4n) is 0.713. The van der Waals surface area contributed by atoms with E-state index in [0.717, 1.165) is 0 Å². The van der Waals surface area contributed by atoms with Crippen LogP contribution >= 0.6 is 0 Å². The average Bonchev–Trinajstić information content (AvgIpc) is 2.34. The molecule has 0 radical (unpaired) electrons. The van der Waals surface area contributed by atoms with Crippen LogP contribution in [-0.2, 0) is 0 Å². The molecule has 0 unspecified atom stereocenters. The Morgan fingerprint density at radius 3 is 2.67 bits per heavy atom. The molecule has 1 N–H and O–H groups in total. The maximum Gasteiger partial charge on any atom is 0.315 e. The second kappa shape index (κ2) is 3.34. The van der Waals surface area contributed by atoms with Gasteiger partial charge >= 0.3 is 11.8 Å². The zero-order valence-corrected chi connectivity index (χ0v) is 7.29. The third kappa shape index (κ3) is 2.05. The molecule has 0 bridgehead atoms. The number of aromatic nitrogens is 2. The second-order valence-electron chi connectivity index (χ2n) is 2.77. The lowest BCUT2D eigenvalue weighted by molar-refractivity contribution is 0.0899. The SMILES string of the molecule is Cc1noc(C(=O)NC(C)C)n1. The van der Waals surface area contributed by atoms with E-state index in [0.29, 0.717) is 5.82 Å². The highest BCUT2D eigenvalue weighted by Gasteiger charge is 2.13. The van der Waals surface area contributed by atoms with Gasteiger partial charge in [0.05, 0.1) is 0 Å². The van der Waals surface area contributed by atoms with Crippen LogP contribution < -0.4 is 5.32 Å². The molecule has 1 rings (SSSR count). The summed E-state index contributed by atoms with van der Waals surface area (Å²) in [5, 5.41) is 6.14. The number of nitrogens with zero attached hydrogens (tertiary/aromatic N) is 2. The zero-order valence-electron chi connectivity index (χ0n) is 7.29. The van der Waals surface area contributed by atoms with E-state index in [4.69, 9.17) is 0 Å². The van der Waals surface area contributed by atoms with E-state index in [-0.39, 0.29) is 17.8 Å². The van der Waals surface area contributed by atoms with Gasteiger partial charge in [0.2, 0.25) is 0 Å². The summed E-state index contributed by atoms with van der Waals surface area (Å²) in [5.41, 5.74) is 0. The minimum Gasteiger partial charge on any atom is -0.346 e. The lowest BCUT2D eigenvalue weighted by Gasteiger charge is -2.03. The summed E-state index contributed by atoms with van der Waals surface area (Å²) >= 11 is 0. The van der Waals surface area contributed by atoms with Crippen molar-refractivity contribution in [1.82, 2.24) is 15.5 Å². The van der Waals surface area contributed by atoms with Crippen molar-refractivity contribution in [2.45, 2.75) is 26.8 Å². The number of aryl methyl sites for hydroxylation is 1. The molecule has 1 aromatic heterocycles. The van der Waals surface area contributed by atoms with Crippen LogP contribution in [0.5, 0.6) is 0 Å². The van der Waals surface area contributed by atoms with E-state index in [1.807, 2.05) is 13.8 Å². The highest BCUT2D eigenvalue weighted by atomic mass is 16.5. The minimum absolute atomic E-state index is 0.0150. The fourth-order valence-corrected chi connectivity index (χ4v) is 0.713. The van der Waals surface area contributed by atoms with E-state index in [9.17, 15) is 4.79 Å². The summed E-state index contributed by atoms with van der Waals surface area (Å²) in [6.07, 6.45) is 0. The maximum atomic E-state index is 11.2. The van der Waals surface area contributed by atoms with Gasteiger partial charge in [-0.25, -0.2) is 0 Å². The Morgan fingerprint density at radius 2 is 2.25 bits per heavy atom. The van der Waals surface area contributed by atoms with Crippen molar-refractivity contribution in [3.05, 3.63) is 11.7 Å². The number of hydrogen-bond donors (Lipinski definition) is 1. The molecule has 0 aliphatic heterocycles. The predicted octanol–water partition coefficient (Wildman–Crippen LogP) is 0.516. The Kier molecular flexibility index (Phi) is 2.42. The first kappa shape index (κ1) is 8.70. The number of hydrogen-bond acceptors (Lipinski definition) is 4. The summed E-state index contributed by atoms with van der Waals surface area (Å²) in [5.74, 6) is 0.149. The normalized spacial score (nSPS) is 10.3. The molecule has 0 atom stereocenters. The molecule has 0 saturated carbocycles. The Hall–Kier alpha value is -1.39. The van der Waals surface area contributed by atoms with E-state index in [1.165, 1.54) is 0 Å². The molecule has 1 amide bonds. The Balaban J connectivity index is 2.65. The number of nitrogens with one attached hydrogen (secondary N) is 1. The summed E-state index contributed by atoms with van der Waals surface area (Å²) in [6.45, 7) is 5.39. The standard InChI is InChI=1S/C7H11N3O2/c1-4(2)8-6(11)7-9-5(3)10-12-7/h4H,1-3H3,(H,8,11). The molecule has 1 aromatic rings. The van der Waals surface area contributed by atoms with E-state index in [2.05, 4.69) is 20.0 Å². The predicted molar refractivity (Wildman–Crippen MR) is 41.6 cm³/mol. The monoisotopic (exact) mass is 169 g/mol. The van der Waals surface area contributed by atoms with Gasteiger partial charge in [0.1, 0.15) is 0 Å². The third-order valence-electron chi connectivity index (χ3n) is 1.14. The van der Waals surface area contributed by atoms with Crippen LogP contribution in [0.25, 0.3) is 0 Å². The van der Waals surface area contributed by atoms with Crippen molar-refractivity contribution < 1.29 is 9.32 Å². The molecule has 0 fully saturated rings. The van der Waals surface area contributed by atoms with Crippen LogP contribution in [0, 0.1) is 6.92 Å². The van der Waals surface area contributed by atoms with Crippen LogP contribution in [-0.4, -0.2) is 22.1 Å². The molecule has 0 aliphatic carbocycles. The third-order valence-corrected chi connectivity index (χ3v) is 1.14.